The molecule has 1 aliphatic rings. The minimum absolute atomic E-state index is 0.0399. The summed E-state index contributed by atoms with van der Waals surface area (Å²) >= 11 is 0. The number of hydrogen-bond donors (Lipinski definition) is 2. The molecule has 0 bridgehead atoms. The largest absolute Gasteiger partial charge is 0.416 e. The highest BCUT2D eigenvalue weighted by atomic mass is 19.4. The smallest absolute Gasteiger partial charge is 0.378 e. The number of rotatable bonds is 4. The van der Waals surface area contributed by atoms with Crippen molar-refractivity contribution < 1.29 is 22.7 Å². The number of anilines is 3. The van der Waals surface area contributed by atoms with Crippen LogP contribution in [0, 0.1) is 0 Å². The van der Waals surface area contributed by atoms with E-state index in [1.807, 2.05) is 18.2 Å². The molecule has 7 nitrogen and oxygen atoms in total. The maximum absolute atomic E-state index is 12.8. The third-order valence-electron chi connectivity index (χ3n) is 4.85. The number of hydrogen-bond acceptors (Lipinski definition) is 5. The van der Waals surface area contributed by atoms with Crippen molar-refractivity contribution in [2.45, 2.75) is 6.18 Å². The van der Waals surface area contributed by atoms with Crippen LogP contribution in [0.5, 0.6) is 0 Å². The molecule has 1 fully saturated rings. The van der Waals surface area contributed by atoms with Gasteiger partial charge in [0.25, 0.3) is 0 Å². The molecule has 2 heterocycles. The molecule has 0 radical (unpaired) electrons. The van der Waals surface area contributed by atoms with E-state index in [1.54, 1.807) is 18.2 Å². The van der Waals surface area contributed by atoms with E-state index >= 15 is 0 Å². The average molecular weight is 443 g/mol. The molecule has 2 amide bonds. The molecule has 0 spiro atoms. The van der Waals surface area contributed by atoms with Gasteiger partial charge in [0.1, 0.15) is 0 Å². The van der Waals surface area contributed by atoms with Crippen molar-refractivity contribution in [2.75, 3.05) is 41.8 Å². The SMILES string of the molecule is O=C(Nc1cccc(-c2ccc(N3CCOCC3)nn2)c1)Nc1cccc(C(F)(F)F)c1. The van der Waals surface area contributed by atoms with Crippen molar-refractivity contribution in [2.24, 2.45) is 0 Å². The summed E-state index contributed by atoms with van der Waals surface area (Å²) < 4.78 is 43.9. The first kappa shape index (κ1) is 21.6. The first-order valence-corrected chi connectivity index (χ1v) is 9.91. The average Bonchev–Trinajstić information content (AvgIpc) is 2.79. The monoisotopic (exact) mass is 443 g/mol. The van der Waals surface area contributed by atoms with Gasteiger partial charge in [-0.15, -0.1) is 10.2 Å². The topological polar surface area (TPSA) is 79.4 Å². The van der Waals surface area contributed by atoms with Gasteiger partial charge in [0.2, 0.25) is 0 Å². The Labute approximate surface area is 182 Å². The Morgan fingerprint density at radius 1 is 0.906 bits per heavy atom. The summed E-state index contributed by atoms with van der Waals surface area (Å²) in [6.45, 7) is 2.82. The van der Waals surface area contributed by atoms with Crippen LogP contribution in [0.25, 0.3) is 11.3 Å². The molecule has 1 saturated heterocycles. The summed E-state index contributed by atoms with van der Waals surface area (Å²) in [6, 6.07) is 14.5. The lowest BCUT2D eigenvalue weighted by molar-refractivity contribution is -0.137. The van der Waals surface area contributed by atoms with Gasteiger partial charge in [-0.05, 0) is 42.5 Å². The van der Waals surface area contributed by atoms with Crippen LogP contribution in [0.4, 0.5) is 35.2 Å². The highest BCUT2D eigenvalue weighted by Gasteiger charge is 2.30. The van der Waals surface area contributed by atoms with Crippen molar-refractivity contribution in [3.63, 3.8) is 0 Å². The fourth-order valence-corrected chi connectivity index (χ4v) is 3.26. The van der Waals surface area contributed by atoms with Crippen LogP contribution in [-0.2, 0) is 10.9 Å². The molecular weight excluding hydrogens is 423 g/mol. The van der Waals surface area contributed by atoms with E-state index in [4.69, 9.17) is 4.74 Å². The zero-order valence-electron chi connectivity index (χ0n) is 16.9. The summed E-state index contributed by atoms with van der Waals surface area (Å²) in [6.07, 6.45) is -4.49. The van der Waals surface area contributed by atoms with Gasteiger partial charge in [-0.25, -0.2) is 4.79 Å². The third kappa shape index (κ3) is 5.33. The van der Waals surface area contributed by atoms with Crippen LogP contribution >= 0.6 is 0 Å². The molecule has 4 rings (SSSR count). The second-order valence-corrected chi connectivity index (χ2v) is 7.11. The van der Waals surface area contributed by atoms with Gasteiger partial charge in [0, 0.05) is 30.0 Å². The van der Waals surface area contributed by atoms with Gasteiger partial charge in [0.05, 0.1) is 24.5 Å². The predicted molar refractivity (Wildman–Crippen MR) is 115 cm³/mol. The normalized spacial score (nSPS) is 14.2. The van der Waals surface area contributed by atoms with E-state index in [9.17, 15) is 18.0 Å². The van der Waals surface area contributed by atoms with Crippen LogP contribution in [-0.4, -0.2) is 42.5 Å². The number of nitrogens with zero attached hydrogens (tertiary/aromatic N) is 3. The number of aromatic nitrogens is 2. The summed E-state index contributed by atoms with van der Waals surface area (Å²) in [5, 5.41) is 13.6. The minimum atomic E-state index is -4.49. The van der Waals surface area contributed by atoms with Crippen molar-refractivity contribution >= 4 is 23.2 Å². The van der Waals surface area contributed by atoms with Gasteiger partial charge in [-0.1, -0.05) is 18.2 Å². The number of morpholine rings is 1. The molecule has 3 aromatic rings. The van der Waals surface area contributed by atoms with Crippen molar-refractivity contribution in [3.8, 4) is 11.3 Å². The molecule has 0 unspecified atom stereocenters. The van der Waals surface area contributed by atoms with E-state index in [0.717, 1.165) is 36.6 Å². The number of urea groups is 1. The summed E-state index contributed by atoms with van der Waals surface area (Å²) in [4.78, 5) is 14.4. The molecule has 10 heteroatoms. The molecule has 2 N–H and O–H groups in total. The number of benzene rings is 2. The van der Waals surface area contributed by atoms with Gasteiger partial charge in [0.15, 0.2) is 5.82 Å². The van der Waals surface area contributed by atoms with Crippen molar-refractivity contribution in [3.05, 3.63) is 66.2 Å². The number of nitrogens with one attached hydrogen (secondary N) is 2. The highest BCUT2D eigenvalue weighted by Crippen LogP contribution is 2.30. The number of amides is 2. The van der Waals surface area contributed by atoms with E-state index in [1.165, 1.54) is 12.1 Å². The zero-order valence-corrected chi connectivity index (χ0v) is 16.9. The lowest BCUT2D eigenvalue weighted by Crippen LogP contribution is -2.36. The molecule has 2 aromatic carbocycles. The second-order valence-electron chi connectivity index (χ2n) is 7.11. The zero-order chi connectivity index (χ0) is 22.6. The van der Waals surface area contributed by atoms with Crippen LogP contribution in [0.1, 0.15) is 5.56 Å². The Bertz CT molecular complexity index is 1080. The molecule has 1 aromatic heterocycles. The van der Waals surface area contributed by atoms with Crippen LogP contribution < -0.4 is 15.5 Å². The summed E-state index contributed by atoms with van der Waals surface area (Å²) in [7, 11) is 0. The van der Waals surface area contributed by atoms with E-state index in [-0.39, 0.29) is 5.69 Å². The highest BCUT2D eigenvalue weighted by molar-refractivity contribution is 6.00. The fourth-order valence-electron chi connectivity index (χ4n) is 3.26. The minimum Gasteiger partial charge on any atom is -0.378 e. The van der Waals surface area contributed by atoms with E-state index < -0.39 is 17.8 Å². The Balaban J connectivity index is 1.42. The molecule has 0 saturated carbocycles. The fraction of sp³-hybridized carbons (Fsp3) is 0.227. The van der Waals surface area contributed by atoms with Gasteiger partial charge >= 0.3 is 12.2 Å². The molecular formula is C22H20F3N5O2. The maximum atomic E-state index is 12.8. The van der Waals surface area contributed by atoms with Gasteiger partial charge in [-0.3, -0.25) is 0 Å². The Morgan fingerprint density at radius 2 is 1.59 bits per heavy atom. The van der Waals surface area contributed by atoms with Crippen LogP contribution in [0.2, 0.25) is 0 Å². The Morgan fingerprint density at radius 3 is 2.25 bits per heavy atom. The van der Waals surface area contributed by atoms with Gasteiger partial charge < -0.3 is 20.3 Å². The van der Waals surface area contributed by atoms with Crippen molar-refractivity contribution in [1.82, 2.24) is 10.2 Å². The molecule has 1 aliphatic heterocycles. The lowest BCUT2D eigenvalue weighted by atomic mass is 10.1. The predicted octanol–water partition coefficient (Wildman–Crippen LogP) is 4.64. The standard InChI is InChI=1S/C22H20F3N5O2/c23-22(24,25)16-4-2-6-18(14-16)27-21(31)26-17-5-1-3-15(13-17)19-7-8-20(29-28-19)30-9-11-32-12-10-30/h1-8,13-14H,9-12H2,(H2,26,27,31). The number of halogens is 3. The van der Waals surface area contributed by atoms with Crippen molar-refractivity contribution in [1.29, 1.82) is 0 Å². The quantitative estimate of drug-likeness (QED) is 0.614. The maximum Gasteiger partial charge on any atom is 0.416 e. The first-order valence-electron chi connectivity index (χ1n) is 9.91. The molecule has 166 valence electrons. The third-order valence-corrected chi connectivity index (χ3v) is 4.85. The van der Waals surface area contributed by atoms with Gasteiger partial charge in [-0.2, -0.15) is 13.2 Å². The first-order chi connectivity index (χ1) is 15.4. The number of carbonyl (C=O) groups is 1. The number of carbonyl (C=O) groups excluding carboxylic acids is 1. The number of ether oxygens (including phenoxy) is 1. The number of alkyl halides is 3. The Kier molecular flexibility index (Phi) is 6.22. The van der Waals surface area contributed by atoms with Crippen LogP contribution in [0.3, 0.4) is 0 Å². The van der Waals surface area contributed by atoms with E-state index in [0.29, 0.717) is 24.6 Å². The van der Waals surface area contributed by atoms with Crippen LogP contribution in [0.15, 0.2) is 60.7 Å². The molecule has 0 atom stereocenters. The summed E-state index contributed by atoms with van der Waals surface area (Å²) in [5.74, 6) is 0.770. The molecule has 32 heavy (non-hydrogen) atoms. The molecule has 0 aliphatic carbocycles. The lowest BCUT2D eigenvalue weighted by Gasteiger charge is -2.27. The van der Waals surface area contributed by atoms with E-state index in [2.05, 4.69) is 25.7 Å². The summed E-state index contributed by atoms with van der Waals surface area (Å²) in [5.41, 5.74) is 1.03. The second kappa shape index (κ2) is 9.23. The Hall–Kier alpha value is -3.66.